The predicted octanol–water partition coefficient (Wildman–Crippen LogP) is 4.36. The Bertz CT molecular complexity index is 871. The van der Waals surface area contributed by atoms with Crippen molar-refractivity contribution >= 4 is 40.7 Å². The Kier molecular flexibility index (Phi) is 7.87. The molecule has 0 fully saturated rings. The van der Waals surface area contributed by atoms with Gasteiger partial charge in [-0.05, 0) is 62.7 Å². The van der Waals surface area contributed by atoms with Crippen molar-refractivity contribution in [2.75, 3.05) is 25.5 Å². The third-order valence-corrected chi connectivity index (χ3v) is 5.07. The lowest BCUT2D eigenvalue weighted by Gasteiger charge is -2.20. The van der Waals surface area contributed by atoms with Crippen molar-refractivity contribution in [2.24, 2.45) is 0 Å². The summed E-state index contributed by atoms with van der Waals surface area (Å²) in [4.78, 5) is 26.2. The Morgan fingerprint density at radius 2 is 1.75 bits per heavy atom. The second-order valence-corrected chi connectivity index (χ2v) is 7.77. The van der Waals surface area contributed by atoms with Crippen molar-refractivity contribution in [1.29, 1.82) is 0 Å². The Morgan fingerprint density at radius 3 is 2.43 bits per heavy atom. The van der Waals surface area contributed by atoms with E-state index in [1.807, 2.05) is 39.0 Å². The van der Waals surface area contributed by atoms with Gasteiger partial charge in [-0.15, -0.1) is 0 Å². The van der Waals surface area contributed by atoms with Crippen LogP contribution in [0.15, 0.2) is 36.4 Å². The Hall–Kier alpha value is -2.08. The van der Waals surface area contributed by atoms with Gasteiger partial charge in [0.15, 0.2) is 0 Å². The number of nitrogens with one attached hydrogen (secondary N) is 2. The van der Waals surface area contributed by atoms with Crippen LogP contribution in [0.25, 0.3) is 0 Å². The minimum atomic E-state index is -0.269. The van der Waals surface area contributed by atoms with E-state index in [-0.39, 0.29) is 30.9 Å². The molecule has 0 heterocycles. The first-order valence-electron chi connectivity index (χ1n) is 8.96. The number of carbonyl (C=O) groups excluding carboxylic acids is 2. The van der Waals surface area contributed by atoms with Gasteiger partial charge in [-0.3, -0.25) is 14.5 Å². The molecule has 1 atom stereocenters. The number of nitrogens with zero attached hydrogens (tertiary/aromatic N) is 1. The first-order valence-corrected chi connectivity index (χ1v) is 9.72. The summed E-state index contributed by atoms with van der Waals surface area (Å²) in [6, 6.07) is 10.7. The minimum Gasteiger partial charge on any atom is -0.348 e. The van der Waals surface area contributed by atoms with Crippen molar-refractivity contribution in [3.05, 3.63) is 63.1 Å². The van der Waals surface area contributed by atoms with Crippen LogP contribution in [-0.4, -0.2) is 36.9 Å². The summed E-state index contributed by atoms with van der Waals surface area (Å²) in [7, 11) is 1.72. The van der Waals surface area contributed by atoms with Crippen molar-refractivity contribution in [3.8, 4) is 0 Å². The van der Waals surface area contributed by atoms with E-state index in [0.717, 1.165) is 22.4 Å². The number of amides is 2. The maximum atomic E-state index is 12.3. The summed E-state index contributed by atoms with van der Waals surface area (Å²) in [5, 5.41) is 6.82. The average Bonchev–Trinajstić information content (AvgIpc) is 2.58. The summed E-state index contributed by atoms with van der Waals surface area (Å²) >= 11 is 12.1. The van der Waals surface area contributed by atoms with E-state index in [4.69, 9.17) is 23.2 Å². The summed E-state index contributed by atoms with van der Waals surface area (Å²) in [5.41, 5.74) is 3.72. The van der Waals surface area contributed by atoms with E-state index in [2.05, 4.69) is 10.6 Å². The molecule has 2 aromatic carbocycles. The fourth-order valence-corrected chi connectivity index (χ4v) is 3.41. The van der Waals surface area contributed by atoms with Gasteiger partial charge in [0.05, 0.1) is 19.1 Å². The summed E-state index contributed by atoms with van der Waals surface area (Å²) in [6.45, 7) is 6.01. The molecule has 0 aliphatic rings. The fourth-order valence-electron chi connectivity index (χ4n) is 2.84. The molecule has 0 aromatic heterocycles. The van der Waals surface area contributed by atoms with Crippen molar-refractivity contribution in [3.63, 3.8) is 0 Å². The molecular formula is C21H25Cl2N3O2. The number of likely N-dealkylation sites (N-methyl/N-ethyl adjacent to an activating group) is 1. The van der Waals surface area contributed by atoms with Crippen LogP contribution < -0.4 is 10.6 Å². The molecule has 0 radical (unpaired) electrons. The molecule has 7 heteroatoms. The van der Waals surface area contributed by atoms with Gasteiger partial charge >= 0.3 is 0 Å². The molecule has 5 nitrogen and oxygen atoms in total. The van der Waals surface area contributed by atoms with Crippen LogP contribution in [0.2, 0.25) is 10.0 Å². The zero-order chi connectivity index (χ0) is 20.8. The molecule has 2 amide bonds. The third-order valence-electron chi connectivity index (χ3n) is 4.51. The number of aryl methyl sites for hydroxylation is 1. The molecule has 0 saturated carbocycles. The highest BCUT2D eigenvalue weighted by Gasteiger charge is 2.16. The number of hydrogen-bond acceptors (Lipinski definition) is 3. The van der Waals surface area contributed by atoms with E-state index in [9.17, 15) is 9.59 Å². The number of halogens is 2. The molecule has 28 heavy (non-hydrogen) atoms. The standard InChI is InChI=1S/C21H25Cl2N3O2/c1-13-6-5-7-19(14(13)2)25-21(28)12-26(4)11-20(27)24-15(3)17-9-8-16(22)10-18(17)23/h5-10,15H,11-12H2,1-4H3,(H,24,27)(H,25,28). The second kappa shape index (κ2) is 9.92. The first-order chi connectivity index (χ1) is 13.2. The Labute approximate surface area is 176 Å². The molecule has 2 rings (SSSR count). The SMILES string of the molecule is Cc1cccc(NC(=O)CN(C)CC(=O)NC(C)c2ccc(Cl)cc2Cl)c1C. The van der Waals surface area contributed by atoms with E-state index >= 15 is 0 Å². The van der Waals surface area contributed by atoms with Crippen molar-refractivity contribution < 1.29 is 9.59 Å². The number of hydrogen-bond donors (Lipinski definition) is 2. The van der Waals surface area contributed by atoms with Gasteiger partial charge in [-0.25, -0.2) is 0 Å². The molecule has 0 aliphatic carbocycles. The summed E-state index contributed by atoms with van der Waals surface area (Å²) in [5.74, 6) is -0.363. The van der Waals surface area contributed by atoms with Crippen LogP contribution >= 0.6 is 23.2 Å². The fraction of sp³-hybridized carbons (Fsp3) is 0.333. The molecule has 0 saturated heterocycles. The average molecular weight is 422 g/mol. The molecule has 0 bridgehead atoms. The lowest BCUT2D eigenvalue weighted by molar-refractivity contribution is -0.123. The third kappa shape index (κ3) is 6.23. The monoisotopic (exact) mass is 421 g/mol. The van der Waals surface area contributed by atoms with Gasteiger partial charge in [-0.1, -0.05) is 41.4 Å². The van der Waals surface area contributed by atoms with Gasteiger partial charge in [0.2, 0.25) is 11.8 Å². The second-order valence-electron chi connectivity index (χ2n) is 6.92. The van der Waals surface area contributed by atoms with Gasteiger partial charge in [-0.2, -0.15) is 0 Å². The molecule has 2 aromatic rings. The highest BCUT2D eigenvalue weighted by molar-refractivity contribution is 6.35. The van der Waals surface area contributed by atoms with Crippen molar-refractivity contribution in [2.45, 2.75) is 26.8 Å². The highest BCUT2D eigenvalue weighted by atomic mass is 35.5. The summed E-state index contributed by atoms with van der Waals surface area (Å²) < 4.78 is 0. The Morgan fingerprint density at radius 1 is 1.07 bits per heavy atom. The topological polar surface area (TPSA) is 61.4 Å². The van der Waals surface area contributed by atoms with Crippen LogP contribution in [-0.2, 0) is 9.59 Å². The van der Waals surface area contributed by atoms with Gasteiger partial charge in [0.25, 0.3) is 0 Å². The van der Waals surface area contributed by atoms with E-state index in [1.165, 1.54) is 0 Å². The normalized spacial score (nSPS) is 12.0. The molecule has 0 aliphatic heterocycles. The number of anilines is 1. The lowest BCUT2D eigenvalue weighted by Crippen LogP contribution is -2.39. The van der Waals surface area contributed by atoms with Gasteiger partial charge in [0, 0.05) is 15.7 Å². The molecular weight excluding hydrogens is 397 g/mol. The molecule has 1 unspecified atom stereocenters. The first kappa shape index (κ1) is 22.2. The molecule has 150 valence electrons. The zero-order valence-corrected chi connectivity index (χ0v) is 18.0. The van der Waals surface area contributed by atoms with E-state index < -0.39 is 0 Å². The quantitative estimate of drug-likeness (QED) is 0.697. The largest absolute Gasteiger partial charge is 0.348 e. The van der Waals surface area contributed by atoms with E-state index in [1.54, 1.807) is 30.1 Å². The Balaban J connectivity index is 1.86. The van der Waals surface area contributed by atoms with Crippen LogP contribution in [0.5, 0.6) is 0 Å². The smallest absolute Gasteiger partial charge is 0.238 e. The van der Waals surface area contributed by atoms with Gasteiger partial charge in [0.1, 0.15) is 0 Å². The minimum absolute atomic E-state index is 0.0930. The van der Waals surface area contributed by atoms with Crippen LogP contribution in [0.1, 0.15) is 29.7 Å². The summed E-state index contributed by atoms with van der Waals surface area (Å²) in [6.07, 6.45) is 0. The van der Waals surface area contributed by atoms with Crippen LogP contribution in [0.4, 0.5) is 5.69 Å². The number of rotatable bonds is 7. The van der Waals surface area contributed by atoms with Crippen LogP contribution in [0, 0.1) is 13.8 Å². The lowest BCUT2D eigenvalue weighted by atomic mass is 10.1. The maximum absolute atomic E-state index is 12.3. The molecule has 2 N–H and O–H groups in total. The zero-order valence-electron chi connectivity index (χ0n) is 16.5. The van der Waals surface area contributed by atoms with Crippen LogP contribution in [0.3, 0.4) is 0 Å². The number of carbonyl (C=O) groups is 2. The van der Waals surface area contributed by atoms with E-state index in [0.29, 0.717) is 10.0 Å². The van der Waals surface area contributed by atoms with Crippen molar-refractivity contribution in [1.82, 2.24) is 10.2 Å². The highest BCUT2D eigenvalue weighted by Crippen LogP contribution is 2.26. The molecule has 0 spiro atoms. The predicted molar refractivity (Wildman–Crippen MR) is 115 cm³/mol. The number of benzene rings is 2. The van der Waals surface area contributed by atoms with Gasteiger partial charge < -0.3 is 10.6 Å². The maximum Gasteiger partial charge on any atom is 0.238 e.